The Hall–Kier alpha value is -1.59. The fourth-order valence-electron chi connectivity index (χ4n) is 2.49. The molecular formula is C15H19N3OS. The van der Waals surface area contributed by atoms with Gasteiger partial charge in [0.1, 0.15) is 0 Å². The summed E-state index contributed by atoms with van der Waals surface area (Å²) < 4.78 is 0. The molecule has 0 amide bonds. The maximum atomic E-state index is 9.54. The number of thiazole rings is 1. The van der Waals surface area contributed by atoms with E-state index in [1.165, 1.54) is 5.69 Å². The summed E-state index contributed by atoms with van der Waals surface area (Å²) >= 11 is 1.70. The van der Waals surface area contributed by atoms with Crippen LogP contribution in [0.1, 0.15) is 18.6 Å². The lowest BCUT2D eigenvalue weighted by atomic mass is 10.1. The Balaban J connectivity index is 1.63. The lowest BCUT2D eigenvalue weighted by molar-refractivity contribution is 0.199. The summed E-state index contributed by atoms with van der Waals surface area (Å²) in [6.07, 6.45) is 1.46. The van der Waals surface area contributed by atoms with Crippen molar-refractivity contribution in [2.45, 2.75) is 13.0 Å². The van der Waals surface area contributed by atoms with Crippen LogP contribution in [0, 0.1) is 0 Å². The zero-order chi connectivity index (χ0) is 13.9. The Labute approximate surface area is 123 Å². The molecule has 3 rings (SSSR count). The van der Waals surface area contributed by atoms with E-state index in [9.17, 15) is 5.11 Å². The molecule has 1 atom stereocenters. The van der Waals surface area contributed by atoms with Crippen molar-refractivity contribution in [3.05, 3.63) is 41.4 Å². The highest BCUT2D eigenvalue weighted by molar-refractivity contribution is 7.13. The molecule has 1 aromatic carbocycles. The first-order valence-corrected chi connectivity index (χ1v) is 7.79. The van der Waals surface area contributed by atoms with Gasteiger partial charge in [0.25, 0.3) is 0 Å². The molecule has 106 valence electrons. The van der Waals surface area contributed by atoms with Crippen LogP contribution < -0.4 is 9.80 Å². The molecule has 2 aromatic rings. The number of piperazine rings is 1. The number of aliphatic hydroxyl groups is 1. The summed E-state index contributed by atoms with van der Waals surface area (Å²) in [6, 6.07) is 8.21. The first-order chi connectivity index (χ1) is 9.74. The van der Waals surface area contributed by atoms with Crippen LogP contribution in [-0.4, -0.2) is 36.3 Å². The summed E-state index contributed by atoms with van der Waals surface area (Å²) in [5, 5.41) is 12.7. The summed E-state index contributed by atoms with van der Waals surface area (Å²) in [5.74, 6) is 0. The van der Waals surface area contributed by atoms with Crippen molar-refractivity contribution in [1.29, 1.82) is 0 Å². The molecule has 1 fully saturated rings. The van der Waals surface area contributed by atoms with E-state index in [-0.39, 0.29) is 0 Å². The molecule has 5 heteroatoms. The molecule has 2 heterocycles. The van der Waals surface area contributed by atoms with Crippen LogP contribution >= 0.6 is 11.3 Å². The number of benzene rings is 1. The van der Waals surface area contributed by atoms with Gasteiger partial charge in [0, 0.05) is 43.4 Å². The summed E-state index contributed by atoms with van der Waals surface area (Å²) in [7, 11) is 0. The lowest BCUT2D eigenvalue weighted by Gasteiger charge is -2.36. The zero-order valence-corrected chi connectivity index (χ0v) is 12.4. The standard InChI is InChI=1S/C15H19N3OS/c1-12(19)13-2-4-14(5-3-13)17-7-9-18(10-8-17)15-16-6-11-20-15/h2-6,11-12,19H,7-10H2,1H3/t12-/m0/s1. The third-order valence-corrected chi connectivity index (χ3v) is 4.54. The predicted octanol–water partition coefficient (Wildman–Crippen LogP) is 2.52. The molecule has 1 aromatic heterocycles. The van der Waals surface area contributed by atoms with Crippen molar-refractivity contribution in [2.75, 3.05) is 36.0 Å². The third-order valence-electron chi connectivity index (χ3n) is 3.71. The van der Waals surface area contributed by atoms with Gasteiger partial charge in [-0.3, -0.25) is 0 Å². The van der Waals surface area contributed by atoms with Gasteiger partial charge in [0.2, 0.25) is 0 Å². The first kappa shape index (κ1) is 13.4. The second kappa shape index (κ2) is 5.81. The van der Waals surface area contributed by atoms with E-state index in [1.807, 2.05) is 23.7 Å². The van der Waals surface area contributed by atoms with E-state index >= 15 is 0 Å². The van der Waals surface area contributed by atoms with Crippen molar-refractivity contribution in [1.82, 2.24) is 4.98 Å². The fraction of sp³-hybridized carbons (Fsp3) is 0.400. The molecular weight excluding hydrogens is 270 g/mol. The van der Waals surface area contributed by atoms with E-state index in [1.54, 1.807) is 18.3 Å². The van der Waals surface area contributed by atoms with Crippen LogP contribution in [0.4, 0.5) is 10.8 Å². The second-order valence-corrected chi connectivity index (χ2v) is 5.93. The molecule has 20 heavy (non-hydrogen) atoms. The topological polar surface area (TPSA) is 39.6 Å². The van der Waals surface area contributed by atoms with Gasteiger partial charge in [-0.2, -0.15) is 0 Å². The van der Waals surface area contributed by atoms with Gasteiger partial charge in [0.05, 0.1) is 6.10 Å². The molecule has 1 aliphatic rings. The quantitative estimate of drug-likeness (QED) is 0.942. The van der Waals surface area contributed by atoms with Crippen LogP contribution in [0.15, 0.2) is 35.8 Å². The average molecular weight is 289 g/mol. The number of hydrogen-bond acceptors (Lipinski definition) is 5. The van der Waals surface area contributed by atoms with Crippen LogP contribution in [-0.2, 0) is 0 Å². The van der Waals surface area contributed by atoms with E-state index in [2.05, 4.69) is 26.9 Å². The Morgan fingerprint density at radius 1 is 1.10 bits per heavy atom. The van der Waals surface area contributed by atoms with Gasteiger partial charge in [-0.25, -0.2) is 4.98 Å². The average Bonchev–Trinajstić information content (AvgIpc) is 3.02. The normalized spacial score (nSPS) is 17.3. The number of aromatic nitrogens is 1. The van der Waals surface area contributed by atoms with Crippen molar-refractivity contribution in [2.24, 2.45) is 0 Å². The molecule has 1 aliphatic heterocycles. The van der Waals surface area contributed by atoms with Crippen LogP contribution in [0.5, 0.6) is 0 Å². The van der Waals surface area contributed by atoms with Crippen LogP contribution in [0.2, 0.25) is 0 Å². The van der Waals surface area contributed by atoms with Crippen molar-refractivity contribution in [3.63, 3.8) is 0 Å². The minimum absolute atomic E-state index is 0.397. The highest BCUT2D eigenvalue weighted by atomic mass is 32.1. The summed E-state index contributed by atoms with van der Waals surface area (Å²) in [4.78, 5) is 9.09. The van der Waals surface area contributed by atoms with Gasteiger partial charge in [-0.05, 0) is 24.6 Å². The SMILES string of the molecule is C[C@H](O)c1ccc(N2CCN(c3nccs3)CC2)cc1. The Morgan fingerprint density at radius 2 is 1.75 bits per heavy atom. The number of aliphatic hydroxyl groups excluding tert-OH is 1. The zero-order valence-electron chi connectivity index (χ0n) is 11.6. The maximum Gasteiger partial charge on any atom is 0.185 e. The van der Waals surface area contributed by atoms with Gasteiger partial charge >= 0.3 is 0 Å². The molecule has 0 bridgehead atoms. The molecule has 0 saturated carbocycles. The van der Waals surface area contributed by atoms with Crippen molar-refractivity contribution in [3.8, 4) is 0 Å². The van der Waals surface area contributed by atoms with Gasteiger partial charge in [-0.15, -0.1) is 11.3 Å². The number of rotatable bonds is 3. The molecule has 1 saturated heterocycles. The molecule has 0 radical (unpaired) electrons. The Morgan fingerprint density at radius 3 is 2.30 bits per heavy atom. The first-order valence-electron chi connectivity index (χ1n) is 6.91. The van der Waals surface area contributed by atoms with Crippen LogP contribution in [0.3, 0.4) is 0 Å². The minimum atomic E-state index is -0.397. The third kappa shape index (κ3) is 2.78. The highest BCUT2D eigenvalue weighted by Gasteiger charge is 2.18. The Bertz CT molecular complexity index is 531. The molecule has 0 unspecified atom stereocenters. The number of nitrogens with zero attached hydrogens (tertiary/aromatic N) is 3. The second-order valence-electron chi connectivity index (χ2n) is 5.06. The maximum absolute atomic E-state index is 9.54. The van der Waals surface area contributed by atoms with E-state index in [0.717, 1.165) is 36.9 Å². The molecule has 1 N–H and O–H groups in total. The summed E-state index contributed by atoms with van der Waals surface area (Å²) in [6.45, 7) is 5.82. The van der Waals surface area contributed by atoms with Gasteiger partial charge in [-0.1, -0.05) is 12.1 Å². The fourth-order valence-corrected chi connectivity index (χ4v) is 3.19. The number of anilines is 2. The van der Waals surface area contributed by atoms with E-state index in [0.29, 0.717) is 0 Å². The minimum Gasteiger partial charge on any atom is -0.389 e. The predicted molar refractivity (Wildman–Crippen MR) is 83.6 cm³/mol. The van der Waals surface area contributed by atoms with Gasteiger partial charge < -0.3 is 14.9 Å². The highest BCUT2D eigenvalue weighted by Crippen LogP contribution is 2.23. The van der Waals surface area contributed by atoms with Crippen molar-refractivity contribution < 1.29 is 5.11 Å². The Kier molecular flexibility index (Phi) is 3.89. The van der Waals surface area contributed by atoms with Gasteiger partial charge in [0.15, 0.2) is 5.13 Å². The number of hydrogen-bond donors (Lipinski definition) is 1. The largest absolute Gasteiger partial charge is 0.389 e. The molecule has 0 aliphatic carbocycles. The molecule has 0 spiro atoms. The lowest BCUT2D eigenvalue weighted by Crippen LogP contribution is -2.46. The van der Waals surface area contributed by atoms with Crippen molar-refractivity contribution >= 4 is 22.2 Å². The van der Waals surface area contributed by atoms with Crippen LogP contribution in [0.25, 0.3) is 0 Å². The smallest absolute Gasteiger partial charge is 0.185 e. The monoisotopic (exact) mass is 289 g/mol. The van der Waals surface area contributed by atoms with E-state index < -0.39 is 6.10 Å². The van der Waals surface area contributed by atoms with E-state index in [4.69, 9.17) is 0 Å². The summed E-state index contributed by atoms with van der Waals surface area (Å²) in [5.41, 5.74) is 2.20. The molecule has 4 nitrogen and oxygen atoms in total.